The van der Waals surface area contributed by atoms with Gasteiger partial charge in [0.2, 0.25) is 5.91 Å². The van der Waals surface area contributed by atoms with Crippen molar-refractivity contribution in [2.24, 2.45) is 5.92 Å². The monoisotopic (exact) mass is 163 g/mol. The van der Waals surface area contributed by atoms with Crippen molar-refractivity contribution in [2.45, 2.75) is 12.8 Å². The Kier molecular flexibility index (Phi) is 1.57. The molecule has 1 fully saturated rings. The van der Waals surface area contributed by atoms with Crippen molar-refractivity contribution >= 4 is 11.7 Å². The maximum absolute atomic E-state index is 11.3. The maximum atomic E-state index is 11.3. The van der Waals surface area contributed by atoms with Crippen LogP contribution in [-0.2, 0) is 9.59 Å². The Morgan fingerprint density at radius 3 is 3.08 bits per heavy atom. The van der Waals surface area contributed by atoms with E-state index in [-0.39, 0.29) is 17.6 Å². The van der Waals surface area contributed by atoms with Gasteiger partial charge < -0.3 is 5.32 Å². The number of rotatable bonds is 0. The molecule has 0 aromatic rings. The third-order valence-corrected chi connectivity index (χ3v) is 2.20. The van der Waals surface area contributed by atoms with Crippen LogP contribution >= 0.6 is 0 Å². The highest BCUT2D eigenvalue weighted by Crippen LogP contribution is 2.24. The number of hydrogen-bond acceptors (Lipinski definition) is 2. The van der Waals surface area contributed by atoms with Crippen LogP contribution in [0.25, 0.3) is 0 Å². The summed E-state index contributed by atoms with van der Waals surface area (Å²) in [5, 5.41) is 2.70. The molecule has 3 nitrogen and oxygen atoms in total. The van der Waals surface area contributed by atoms with Gasteiger partial charge in [0.25, 0.3) is 0 Å². The second-order valence-electron chi connectivity index (χ2n) is 3.02. The standard InChI is InChI=1S/C9H9NO2/c11-8-3-1-2-7-6(8)4-5-9(12)10-7/h1-3,6H,4-5H2,(H,10,12). The third kappa shape index (κ3) is 1.07. The minimum atomic E-state index is -0.0901. The SMILES string of the molecule is O=C1CCC2C(=O)C=CC=C2N1. The first-order valence-electron chi connectivity index (χ1n) is 3.99. The molecule has 0 radical (unpaired) electrons. The van der Waals surface area contributed by atoms with Crippen LogP contribution in [0, 0.1) is 5.92 Å². The average molecular weight is 163 g/mol. The van der Waals surface area contributed by atoms with Crippen molar-refractivity contribution in [3.63, 3.8) is 0 Å². The van der Waals surface area contributed by atoms with Crippen LogP contribution in [0.1, 0.15) is 12.8 Å². The summed E-state index contributed by atoms with van der Waals surface area (Å²) in [5.74, 6) is 0.0285. The van der Waals surface area contributed by atoms with Gasteiger partial charge in [-0.15, -0.1) is 0 Å². The van der Waals surface area contributed by atoms with E-state index < -0.39 is 0 Å². The fourth-order valence-electron chi connectivity index (χ4n) is 1.56. The van der Waals surface area contributed by atoms with Crippen LogP contribution in [0.2, 0.25) is 0 Å². The molecule has 1 amide bonds. The molecular formula is C9H9NO2. The molecule has 2 aliphatic rings. The van der Waals surface area contributed by atoms with E-state index in [0.29, 0.717) is 12.8 Å². The molecule has 0 aromatic heterocycles. The molecule has 0 bridgehead atoms. The predicted molar refractivity (Wildman–Crippen MR) is 43.1 cm³/mol. The van der Waals surface area contributed by atoms with Crippen molar-refractivity contribution in [1.82, 2.24) is 5.32 Å². The van der Waals surface area contributed by atoms with E-state index in [9.17, 15) is 9.59 Å². The molecule has 1 aliphatic heterocycles. The summed E-state index contributed by atoms with van der Waals surface area (Å²) in [6, 6.07) is 0. The van der Waals surface area contributed by atoms with Crippen LogP contribution in [0.15, 0.2) is 23.9 Å². The van der Waals surface area contributed by atoms with Gasteiger partial charge in [-0.2, -0.15) is 0 Å². The van der Waals surface area contributed by atoms with E-state index in [2.05, 4.69) is 5.32 Å². The van der Waals surface area contributed by atoms with Crippen molar-refractivity contribution in [3.05, 3.63) is 23.9 Å². The van der Waals surface area contributed by atoms with E-state index in [1.54, 1.807) is 18.2 Å². The second-order valence-corrected chi connectivity index (χ2v) is 3.02. The number of amides is 1. The molecule has 0 spiro atoms. The van der Waals surface area contributed by atoms with E-state index in [0.717, 1.165) is 5.70 Å². The van der Waals surface area contributed by atoms with Gasteiger partial charge in [-0.3, -0.25) is 9.59 Å². The molecule has 2 rings (SSSR count). The lowest BCUT2D eigenvalue weighted by molar-refractivity contribution is -0.123. The maximum Gasteiger partial charge on any atom is 0.224 e. The van der Waals surface area contributed by atoms with Crippen LogP contribution in [-0.4, -0.2) is 11.7 Å². The summed E-state index contributed by atoms with van der Waals surface area (Å²) in [4.78, 5) is 22.2. The van der Waals surface area contributed by atoms with Crippen molar-refractivity contribution in [3.8, 4) is 0 Å². The lowest BCUT2D eigenvalue weighted by Gasteiger charge is -2.25. The molecule has 0 saturated carbocycles. The molecular weight excluding hydrogens is 154 g/mol. The lowest BCUT2D eigenvalue weighted by atomic mass is 9.88. The van der Waals surface area contributed by atoms with Gasteiger partial charge in [0.15, 0.2) is 5.78 Å². The normalized spacial score (nSPS) is 27.7. The van der Waals surface area contributed by atoms with Crippen molar-refractivity contribution in [1.29, 1.82) is 0 Å². The van der Waals surface area contributed by atoms with Gasteiger partial charge in [-0.05, 0) is 18.6 Å². The number of piperidine rings is 1. The lowest BCUT2D eigenvalue weighted by Crippen LogP contribution is -2.36. The second kappa shape index (κ2) is 2.59. The largest absolute Gasteiger partial charge is 0.329 e. The Morgan fingerprint density at radius 1 is 1.42 bits per heavy atom. The minimum Gasteiger partial charge on any atom is -0.329 e. The van der Waals surface area contributed by atoms with Crippen molar-refractivity contribution < 1.29 is 9.59 Å². The average Bonchev–Trinajstić information content (AvgIpc) is 2.04. The Morgan fingerprint density at radius 2 is 2.25 bits per heavy atom. The third-order valence-electron chi connectivity index (χ3n) is 2.20. The van der Waals surface area contributed by atoms with E-state index in [4.69, 9.17) is 0 Å². The molecule has 1 heterocycles. The number of carbonyl (C=O) groups is 2. The van der Waals surface area contributed by atoms with Gasteiger partial charge in [-0.25, -0.2) is 0 Å². The van der Waals surface area contributed by atoms with Gasteiger partial charge in [0.1, 0.15) is 0 Å². The molecule has 0 aromatic carbocycles. The molecule has 1 unspecified atom stereocenters. The van der Waals surface area contributed by atoms with E-state index >= 15 is 0 Å². The molecule has 3 heteroatoms. The molecule has 1 atom stereocenters. The molecule has 1 N–H and O–H groups in total. The van der Waals surface area contributed by atoms with Crippen LogP contribution in [0.5, 0.6) is 0 Å². The number of hydrogen-bond donors (Lipinski definition) is 1. The summed E-state index contributed by atoms with van der Waals surface area (Å²) in [5.41, 5.74) is 0.763. The predicted octanol–water partition coefficient (Wildman–Crippen LogP) is 0.535. The Balaban J connectivity index is 2.27. The van der Waals surface area contributed by atoms with Gasteiger partial charge in [-0.1, -0.05) is 6.08 Å². The number of carbonyl (C=O) groups excluding carboxylic acids is 2. The fraction of sp³-hybridized carbons (Fsp3) is 0.333. The summed E-state index contributed by atoms with van der Waals surface area (Å²) in [7, 11) is 0. The highest BCUT2D eigenvalue weighted by atomic mass is 16.2. The van der Waals surface area contributed by atoms with Crippen LogP contribution < -0.4 is 5.32 Å². The zero-order chi connectivity index (χ0) is 8.55. The molecule has 12 heavy (non-hydrogen) atoms. The van der Waals surface area contributed by atoms with E-state index in [1.807, 2.05) is 0 Å². The summed E-state index contributed by atoms with van der Waals surface area (Å²) in [6.07, 6.45) is 6.15. The number of nitrogens with one attached hydrogen (secondary N) is 1. The zero-order valence-electron chi connectivity index (χ0n) is 6.54. The smallest absolute Gasteiger partial charge is 0.224 e. The van der Waals surface area contributed by atoms with Crippen molar-refractivity contribution in [2.75, 3.05) is 0 Å². The first-order chi connectivity index (χ1) is 5.77. The minimum absolute atomic E-state index is 0.0144. The van der Waals surface area contributed by atoms with Crippen LogP contribution in [0.4, 0.5) is 0 Å². The quantitative estimate of drug-likeness (QED) is 0.566. The van der Waals surface area contributed by atoms with Gasteiger partial charge in [0.05, 0.1) is 5.92 Å². The van der Waals surface area contributed by atoms with Gasteiger partial charge >= 0.3 is 0 Å². The summed E-state index contributed by atoms with van der Waals surface area (Å²) >= 11 is 0. The highest BCUT2D eigenvalue weighted by molar-refractivity contribution is 5.97. The number of allylic oxidation sites excluding steroid dienone is 4. The number of ketones is 1. The Labute approximate surface area is 70.1 Å². The highest BCUT2D eigenvalue weighted by Gasteiger charge is 2.28. The summed E-state index contributed by atoms with van der Waals surface area (Å²) in [6.45, 7) is 0. The van der Waals surface area contributed by atoms with Crippen LogP contribution in [0.3, 0.4) is 0 Å². The summed E-state index contributed by atoms with van der Waals surface area (Å²) < 4.78 is 0. The fourth-order valence-corrected chi connectivity index (χ4v) is 1.56. The van der Waals surface area contributed by atoms with Gasteiger partial charge in [0, 0.05) is 12.1 Å². The molecule has 1 aliphatic carbocycles. The molecule has 1 saturated heterocycles. The number of fused-ring (bicyclic) bond motifs is 1. The topological polar surface area (TPSA) is 46.2 Å². The Bertz CT molecular complexity index is 302. The zero-order valence-corrected chi connectivity index (χ0v) is 6.54. The first-order valence-corrected chi connectivity index (χ1v) is 3.99. The first kappa shape index (κ1) is 7.28. The van der Waals surface area contributed by atoms with E-state index in [1.165, 1.54) is 0 Å². The Hall–Kier alpha value is -1.38. The molecule has 62 valence electrons.